The van der Waals surface area contributed by atoms with Crippen LogP contribution in [-0.4, -0.2) is 30.9 Å². The van der Waals surface area contributed by atoms with Gasteiger partial charge in [-0.2, -0.15) is 0 Å². The molecule has 0 fully saturated rings. The fourth-order valence-corrected chi connectivity index (χ4v) is 2.91. The van der Waals surface area contributed by atoms with Crippen molar-refractivity contribution in [3.8, 4) is 0 Å². The molecule has 0 spiro atoms. The first-order valence-corrected chi connectivity index (χ1v) is 9.96. The monoisotopic (exact) mass is 420 g/mol. The van der Waals surface area contributed by atoms with E-state index in [1.807, 2.05) is 30.3 Å². The number of hydrogen-bond donors (Lipinski definition) is 2. The molecule has 3 rings (SSSR count). The van der Waals surface area contributed by atoms with Crippen LogP contribution in [-0.2, 0) is 16.0 Å². The first kappa shape index (κ1) is 21.8. The van der Waals surface area contributed by atoms with Crippen molar-refractivity contribution in [1.29, 1.82) is 0 Å². The molecule has 2 aromatic carbocycles. The fourth-order valence-electron chi connectivity index (χ4n) is 2.91. The van der Waals surface area contributed by atoms with E-state index < -0.39 is 11.9 Å². The van der Waals surface area contributed by atoms with E-state index in [0.29, 0.717) is 12.2 Å². The van der Waals surface area contributed by atoms with Gasteiger partial charge in [-0.1, -0.05) is 36.4 Å². The molecular weight excluding hydrogens is 396 g/mol. The van der Waals surface area contributed by atoms with Crippen molar-refractivity contribution in [3.05, 3.63) is 89.4 Å². The Morgan fingerprint density at radius 3 is 2.55 bits per heavy atom. The quantitative estimate of drug-likeness (QED) is 0.406. The molecule has 3 aromatic rings. The van der Waals surface area contributed by atoms with Crippen molar-refractivity contribution < 1.29 is 23.5 Å². The minimum Gasteiger partial charge on any atom is -0.459 e. The number of carbonyl (C=O) groups is 3. The van der Waals surface area contributed by atoms with Crippen molar-refractivity contribution in [2.45, 2.75) is 19.8 Å². The molecule has 0 aliphatic rings. The number of furan rings is 1. The Morgan fingerprint density at radius 1 is 1.00 bits per heavy atom. The van der Waals surface area contributed by atoms with Gasteiger partial charge in [-0.15, -0.1) is 0 Å². The van der Waals surface area contributed by atoms with Gasteiger partial charge in [-0.3, -0.25) is 9.59 Å². The third-order valence-corrected chi connectivity index (χ3v) is 4.61. The van der Waals surface area contributed by atoms with Crippen LogP contribution in [0.25, 0.3) is 0 Å². The topological polar surface area (TPSA) is 97.6 Å². The maximum atomic E-state index is 12.3. The number of rotatable bonds is 9. The number of aryl methyl sites for hydroxylation is 2. The normalized spacial score (nSPS) is 10.4. The summed E-state index contributed by atoms with van der Waals surface area (Å²) in [5.41, 5.74) is 2.67. The van der Waals surface area contributed by atoms with Gasteiger partial charge in [0.05, 0.1) is 11.8 Å². The molecule has 0 atom stereocenters. The van der Waals surface area contributed by atoms with Gasteiger partial charge in [0.2, 0.25) is 0 Å². The average molecular weight is 420 g/mol. The Hall–Kier alpha value is -3.87. The number of hydrogen-bond acceptors (Lipinski definition) is 5. The summed E-state index contributed by atoms with van der Waals surface area (Å²) in [6.07, 6.45) is 3.06. The van der Waals surface area contributed by atoms with Crippen LogP contribution in [0.4, 0.5) is 5.69 Å². The highest BCUT2D eigenvalue weighted by Crippen LogP contribution is 2.19. The average Bonchev–Trinajstić information content (AvgIpc) is 3.32. The van der Waals surface area contributed by atoms with Gasteiger partial charge >= 0.3 is 5.97 Å². The maximum absolute atomic E-state index is 12.3. The molecule has 31 heavy (non-hydrogen) atoms. The molecule has 0 bridgehead atoms. The summed E-state index contributed by atoms with van der Waals surface area (Å²) in [6.45, 7) is 1.93. The molecule has 2 amide bonds. The van der Waals surface area contributed by atoms with Gasteiger partial charge in [0.15, 0.2) is 12.4 Å². The van der Waals surface area contributed by atoms with Crippen molar-refractivity contribution in [1.82, 2.24) is 5.32 Å². The third kappa shape index (κ3) is 6.57. The largest absolute Gasteiger partial charge is 0.459 e. The SMILES string of the molecule is Cc1ccc(C(=O)OCC(=O)NCCCc2ccccc2)cc1NC(=O)c1ccco1. The third-order valence-electron chi connectivity index (χ3n) is 4.61. The number of carbonyl (C=O) groups excluding carboxylic acids is 3. The molecule has 0 radical (unpaired) electrons. The van der Waals surface area contributed by atoms with E-state index in [1.165, 1.54) is 17.9 Å². The van der Waals surface area contributed by atoms with Gasteiger partial charge < -0.3 is 19.8 Å². The Labute approximate surface area is 180 Å². The zero-order valence-electron chi connectivity index (χ0n) is 17.2. The van der Waals surface area contributed by atoms with E-state index in [4.69, 9.17) is 9.15 Å². The summed E-state index contributed by atoms with van der Waals surface area (Å²) in [5.74, 6) is -1.27. The molecule has 2 N–H and O–H groups in total. The molecule has 160 valence electrons. The molecule has 0 aliphatic heterocycles. The minimum atomic E-state index is -0.645. The lowest BCUT2D eigenvalue weighted by molar-refractivity contribution is -0.124. The zero-order valence-corrected chi connectivity index (χ0v) is 17.2. The standard InChI is InChI=1S/C24H24N2O5/c1-17-11-12-19(15-20(17)26-23(28)21-10-6-14-30-21)24(29)31-16-22(27)25-13-5-9-18-7-3-2-4-8-18/h2-4,6-8,10-12,14-15H,5,9,13,16H2,1H3,(H,25,27)(H,26,28). The highest BCUT2D eigenvalue weighted by molar-refractivity contribution is 6.03. The number of benzene rings is 2. The lowest BCUT2D eigenvalue weighted by Crippen LogP contribution is -2.29. The molecule has 0 unspecified atom stereocenters. The Morgan fingerprint density at radius 2 is 1.81 bits per heavy atom. The number of esters is 1. The first-order valence-electron chi connectivity index (χ1n) is 9.96. The maximum Gasteiger partial charge on any atom is 0.338 e. The van der Waals surface area contributed by atoms with E-state index in [-0.39, 0.29) is 23.8 Å². The van der Waals surface area contributed by atoms with E-state index in [9.17, 15) is 14.4 Å². The van der Waals surface area contributed by atoms with E-state index in [2.05, 4.69) is 10.6 Å². The Bertz CT molecular complexity index is 1030. The van der Waals surface area contributed by atoms with Gasteiger partial charge in [0, 0.05) is 12.2 Å². The number of nitrogens with one attached hydrogen (secondary N) is 2. The number of ether oxygens (including phenoxy) is 1. The summed E-state index contributed by atoms with van der Waals surface area (Å²) in [4.78, 5) is 36.4. The van der Waals surface area contributed by atoms with Crippen LogP contribution in [0.3, 0.4) is 0 Å². The zero-order chi connectivity index (χ0) is 22.1. The highest BCUT2D eigenvalue weighted by atomic mass is 16.5. The summed E-state index contributed by atoms with van der Waals surface area (Å²) in [5, 5.41) is 5.44. The number of amides is 2. The summed E-state index contributed by atoms with van der Waals surface area (Å²) in [7, 11) is 0. The molecule has 1 aromatic heterocycles. The van der Waals surface area contributed by atoms with Crippen LogP contribution in [0.5, 0.6) is 0 Å². The van der Waals surface area contributed by atoms with Crippen LogP contribution >= 0.6 is 0 Å². The van der Waals surface area contributed by atoms with E-state index in [0.717, 1.165) is 18.4 Å². The molecule has 7 heteroatoms. The van der Waals surface area contributed by atoms with Crippen LogP contribution in [0, 0.1) is 6.92 Å². The molecule has 1 heterocycles. The van der Waals surface area contributed by atoms with Crippen LogP contribution in [0.15, 0.2) is 71.3 Å². The molecule has 0 saturated carbocycles. The lowest BCUT2D eigenvalue weighted by Gasteiger charge is -2.10. The number of anilines is 1. The Balaban J connectivity index is 1.45. The predicted molar refractivity (Wildman–Crippen MR) is 116 cm³/mol. The fraction of sp³-hybridized carbons (Fsp3) is 0.208. The second-order valence-electron chi connectivity index (χ2n) is 6.98. The second-order valence-corrected chi connectivity index (χ2v) is 6.98. The van der Waals surface area contributed by atoms with E-state index in [1.54, 1.807) is 31.2 Å². The van der Waals surface area contributed by atoms with Gasteiger partial charge in [-0.05, 0) is 55.2 Å². The summed E-state index contributed by atoms with van der Waals surface area (Å²) >= 11 is 0. The summed E-state index contributed by atoms with van der Waals surface area (Å²) in [6, 6.07) is 17.9. The van der Waals surface area contributed by atoms with Crippen LogP contribution in [0.2, 0.25) is 0 Å². The van der Waals surface area contributed by atoms with Gasteiger partial charge in [0.1, 0.15) is 0 Å². The molecule has 0 aliphatic carbocycles. The minimum absolute atomic E-state index is 0.163. The Kier molecular flexibility index (Phi) is 7.59. The smallest absolute Gasteiger partial charge is 0.338 e. The van der Waals surface area contributed by atoms with Gasteiger partial charge in [-0.25, -0.2) is 4.79 Å². The molecule has 0 saturated heterocycles. The lowest BCUT2D eigenvalue weighted by atomic mass is 10.1. The van der Waals surface area contributed by atoms with E-state index >= 15 is 0 Å². The predicted octanol–water partition coefficient (Wildman–Crippen LogP) is 3.75. The summed E-state index contributed by atoms with van der Waals surface area (Å²) < 4.78 is 10.2. The highest BCUT2D eigenvalue weighted by Gasteiger charge is 2.14. The van der Waals surface area contributed by atoms with Crippen molar-refractivity contribution in [2.24, 2.45) is 0 Å². The van der Waals surface area contributed by atoms with Crippen molar-refractivity contribution >= 4 is 23.5 Å². The van der Waals surface area contributed by atoms with Crippen LogP contribution in [0.1, 0.15) is 38.5 Å². The van der Waals surface area contributed by atoms with Crippen molar-refractivity contribution in [2.75, 3.05) is 18.5 Å². The molecule has 7 nitrogen and oxygen atoms in total. The molecular formula is C24H24N2O5. The second kappa shape index (κ2) is 10.8. The van der Waals surface area contributed by atoms with Crippen LogP contribution < -0.4 is 10.6 Å². The van der Waals surface area contributed by atoms with Gasteiger partial charge in [0.25, 0.3) is 11.8 Å². The first-order chi connectivity index (χ1) is 15.0. The van der Waals surface area contributed by atoms with Crippen molar-refractivity contribution in [3.63, 3.8) is 0 Å².